The molecule has 0 amide bonds. The second-order valence-corrected chi connectivity index (χ2v) is 5.45. The number of aromatic nitrogens is 2. The summed E-state index contributed by atoms with van der Waals surface area (Å²) in [4.78, 5) is 6.65. The van der Waals surface area contributed by atoms with Crippen molar-refractivity contribution in [3.05, 3.63) is 18.2 Å². The topological polar surface area (TPSA) is 86.9 Å². The predicted molar refractivity (Wildman–Crippen MR) is 62.4 cm³/mol. The predicted octanol–water partition coefficient (Wildman–Crippen LogP) is -0.171. The lowest BCUT2D eigenvalue weighted by molar-refractivity contribution is 0.575. The zero-order valence-corrected chi connectivity index (χ0v) is 10.2. The van der Waals surface area contributed by atoms with Gasteiger partial charge in [-0.25, -0.2) is 18.1 Å². The van der Waals surface area contributed by atoms with Crippen LogP contribution in [0.15, 0.2) is 12.5 Å². The fourth-order valence-electron chi connectivity index (χ4n) is 1.24. The molecule has 6 nitrogen and oxygen atoms in total. The Bertz CT molecular complexity index is 374. The molecule has 7 heteroatoms. The maximum Gasteiger partial charge on any atom is 0.211 e. The number of unbranched alkanes of at least 4 members (excludes halogenated alkanes) is 1. The summed E-state index contributed by atoms with van der Waals surface area (Å²) in [6.07, 6.45) is 4.65. The Balaban J connectivity index is 2.23. The molecule has 16 heavy (non-hydrogen) atoms. The number of nitrogens with zero attached hydrogens (tertiary/aromatic N) is 1. The number of H-pyrrole nitrogens is 1. The highest BCUT2D eigenvalue weighted by Crippen LogP contribution is 1.96. The Hall–Kier alpha value is -0.920. The molecule has 0 aromatic carbocycles. The van der Waals surface area contributed by atoms with Gasteiger partial charge in [0.1, 0.15) is 0 Å². The van der Waals surface area contributed by atoms with Crippen LogP contribution in [0.3, 0.4) is 0 Å². The summed E-state index contributed by atoms with van der Waals surface area (Å²) in [5.74, 6) is 0.169. The number of aromatic amines is 1. The first-order chi connectivity index (χ1) is 7.64. The van der Waals surface area contributed by atoms with Gasteiger partial charge in [0.05, 0.1) is 18.6 Å². The molecule has 1 aromatic rings. The van der Waals surface area contributed by atoms with E-state index in [-0.39, 0.29) is 12.3 Å². The molecule has 0 radical (unpaired) electrons. The molecule has 1 aromatic heterocycles. The van der Waals surface area contributed by atoms with Gasteiger partial charge in [0.2, 0.25) is 10.0 Å². The molecule has 1 heterocycles. The van der Waals surface area contributed by atoms with Gasteiger partial charge in [-0.1, -0.05) is 0 Å². The molecule has 0 aliphatic heterocycles. The van der Waals surface area contributed by atoms with Crippen molar-refractivity contribution in [1.29, 1.82) is 0 Å². The highest BCUT2D eigenvalue weighted by molar-refractivity contribution is 7.89. The van der Waals surface area contributed by atoms with Crippen molar-refractivity contribution in [1.82, 2.24) is 20.0 Å². The quantitative estimate of drug-likeness (QED) is 0.556. The normalized spacial score (nSPS) is 11.8. The van der Waals surface area contributed by atoms with E-state index >= 15 is 0 Å². The van der Waals surface area contributed by atoms with E-state index in [2.05, 4.69) is 20.0 Å². The first-order valence-electron chi connectivity index (χ1n) is 5.23. The lowest BCUT2D eigenvalue weighted by atomic mass is 10.3. The summed E-state index contributed by atoms with van der Waals surface area (Å²) < 4.78 is 25.6. The highest BCUT2D eigenvalue weighted by atomic mass is 32.2. The van der Waals surface area contributed by atoms with Crippen molar-refractivity contribution in [2.45, 2.75) is 19.4 Å². The van der Waals surface area contributed by atoms with E-state index in [1.807, 2.05) is 7.05 Å². The van der Waals surface area contributed by atoms with Crippen molar-refractivity contribution in [2.24, 2.45) is 0 Å². The second-order valence-electron chi connectivity index (χ2n) is 3.53. The summed E-state index contributed by atoms with van der Waals surface area (Å²) in [6, 6.07) is 0. The number of sulfonamides is 1. The number of hydrogen-bond donors (Lipinski definition) is 3. The van der Waals surface area contributed by atoms with E-state index in [9.17, 15) is 8.42 Å². The third kappa shape index (κ3) is 5.24. The zero-order valence-electron chi connectivity index (χ0n) is 9.36. The molecule has 0 aliphatic rings. The number of nitrogens with one attached hydrogen (secondary N) is 3. The lowest BCUT2D eigenvalue weighted by Crippen LogP contribution is -2.26. The van der Waals surface area contributed by atoms with Crippen molar-refractivity contribution >= 4 is 10.0 Å². The van der Waals surface area contributed by atoms with Crippen molar-refractivity contribution in [3.63, 3.8) is 0 Å². The van der Waals surface area contributed by atoms with Crippen LogP contribution in [-0.2, 0) is 16.6 Å². The van der Waals surface area contributed by atoms with Gasteiger partial charge in [-0.05, 0) is 26.4 Å². The van der Waals surface area contributed by atoms with E-state index < -0.39 is 10.0 Å². The maximum atomic E-state index is 11.5. The first kappa shape index (κ1) is 13.1. The standard InChI is InChI=1S/C9H18N4O2S/c1-10-4-2-3-5-16(14,15)13-7-9-6-11-8-12-9/h6,8,10,13H,2-5,7H2,1H3,(H,11,12). The third-order valence-corrected chi connectivity index (χ3v) is 3.54. The molecular weight excluding hydrogens is 228 g/mol. The minimum absolute atomic E-state index is 0.169. The van der Waals surface area contributed by atoms with Crippen molar-refractivity contribution < 1.29 is 8.42 Å². The largest absolute Gasteiger partial charge is 0.347 e. The Morgan fingerprint density at radius 3 is 2.88 bits per heavy atom. The van der Waals surface area contributed by atoms with Crippen LogP contribution in [-0.4, -0.2) is 37.7 Å². The van der Waals surface area contributed by atoms with E-state index in [4.69, 9.17) is 0 Å². The van der Waals surface area contributed by atoms with Crippen LogP contribution in [0.4, 0.5) is 0 Å². The second kappa shape index (κ2) is 6.62. The number of hydrogen-bond acceptors (Lipinski definition) is 4. The SMILES string of the molecule is CNCCCCS(=O)(=O)NCc1cnc[nH]1. The number of imidazole rings is 1. The van der Waals surface area contributed by atoms with Crippen LogP contribution in [0, 0.1) is 0 Å². The average molecular weight is 246 g/mol. The molecule has 92 valence electrons. The first-order valence-corrected chi connectivity index (χ1v) is 6.88. The highest BCUT2D eigenvalue weighted by Gasteiger charge is 2.09. The van der Waals surface area contributed by atoms with Crippen molar-refractivity contribution in [3.8, 4) is 0 Å². The molecule has 0 aliphatic carbocycles. The van der Waals surface area contributed by atoms with Gasteiger partial charge in [-0.2, -0.15) is 0 Å². The zero-order chi connectivity index (χ0) is 11.9. The van der Waals surface area contributed by atoms with E-state index in [0.29, 0.717) is 6.42 Å². The molecule has 0 atom stereocenters. The summed E-state index contributed by atoms with van der Waals surface area (Å²) >= 11 is 0. The van der Waals surface area contributed by atoms with Crippen LogP contribution >= 0.6 is 0 Å². The molecule has 0 spiro atoms. The van der Waals surface area contributed by atoms with Crippen LogP contribution in [0.1, 0.15) is 18.5 Å². The van der Waals surface area contributed by atoms with Crippen LogP contribution in [0.5, 0.6) is 0 Å². The molecule has 0 bridgehead atoms. The number of rotatable bonds is 8. The average Bonchev–Trinajstić information content (AvgIpc) is 2.75. The third-order valence-electron chi connectivity index (χ3n) is 2.13. The monoisotopic (exact) mass is 246 g/mol. The Labute approximate surface area is 95.9 Å². The summed E-state index contributed by atoms with van der Waals surface area (Å²) in [6.45, 7) is 1.12. The summed E-state index contributed by atoms with van der Waals surface area (Å²) in [5.41, 5.74) is 0.763. The molecule has 0 saturated carbocycles. The lowest BCUT2D eigenvalue weighted by Gasteiger charge is -2.05. The fraction of sp³-hybridized carbons (Fsp3) is 0.667. The minimum atomic E-state index is -3.16. The van der Waals surface area contributed by atoms with Gasteiger partial charge in [-0.3, -0.25) is 0 Å². The van der Waals surface area contributed by atoms with Crippen molar-refractivity contribution in [2.75, 3.05) is 19.3 Å². The van der Waals surface area contributed by atoms with Crippen LogP contribution < -0.4 is 10.0 Å². The van der Waals surface area contributed by atoms with Crippen LogP contribution in [0.25, 0.3) is 0 Å². The molecular formula is C9H18N4O2S. The Kier molecular flexibility index (Phi) is 5.44. The molecule has 0 unspecified atom stereocenters. The smallest absolute Gasteiger partial charge is 0.211 e. The van der Waals surface area contributed by atoms with E-state index in [1.165, 1.54) is 6.33 Å². The van der Waals surface area contributed by atoms with Gasteiger partial charge in [0.15, 0.2) is 0 Å². The van der Waals surface area contributed by atoms with Gasteiger partial charge in [0, 0.05) is 11.9 Å². The Morgan fingerprint density at radius 1 is 1.44 bits per heavy atom. The van der Waals surface area contributed by atoms with E-state index in [0.717, 1.165) is 18.7 Å². The summed E-state index contributed by atoms with van der Waals surface area (Å²) in [5, 5.41) is 2.98. The van der Waals surface area contributed by atoms with E-state index in [1.54, 1.807) is 6.20 Å². The van der Waals surface area contributed by atoms with Gasteiger partial charge < -0.3 is 10.3 Å². The van der Waals surface area contributed by atoms with Gasteiger partial charge in [-0.15, -0.1) is 0 Å². The van der Waals surface area contributed by atoms with Crippen LogP contribution in [0.2, 0.25) is 0 Å². The van der Waals surface area contributed by atoms with Gasteiger partial charge in [0.25, 0.3) is 0 Å². The molecule has 3 N–H and O–H groups in total. The molecule has 0 fully saturated rings. The van der Waals surface area contributed by atoms with Gasteiger partial charge >= 0.3 is 0 Å². The summed E-state index contributed by atoms with van der Waals surface area (Å²) in [7, 11) is -1.31. The minimum Gasteiger partial charge on any atom is -0.347 e. The molecule has 1 rings (SSSR count). The Morgan fingerprint density at radius 2 is 2.25 bits per heavy atom. The maximum absolute atomic E-state index is 11.5. The molecule has 0 saturated heterocycles. The fourth-order valence-corrected chi connectivity index (χ4v) is 2.34.